The van der Waals surface area contributed by atoms with E-state index in [0.29, 0.717) is 28.9 Å². The minimum atomic E-state index is -0.521. The van der Waals surface area contributed by atoms with Gasteiger partial charge in [0.25, 0.3) is 0 Å². The molecule has 5 rings (SSSR count). The van der Waals surface area contributed by atoms with Gasteiger partial charge in [0.1, 0.15) is 11.1 Å². The third-order valence-electron chi connectivity index (χ3n) is 5.36. The van der Waals surface area contributed by atoms with Crippen LogP contribution in [0.15, 0.2) is 24.4 Å². The van der Waals surface area contributed by atoms with Crippen LogP contribution in [0.2, 0.25) is 0 Å². The van der Waals surface area contributed by atoms with Crippen LogP contribution in [0, 0.1) is 12.7 Å². The van der Waals surface area contributed by atoms with Gasteiger partial charge in [-0.2, -0.15) is 0 Å². The number of benzene rings is 2. The van der Waals surface area contributed by atoms with E-state index in [4.69, 9.17) is 19.2 Å². The van der Waals surface area contributed by atoms with Crippen LogP contribution in [0.4, 0.5) is 9.18 Å². The predicted molar refractivity (Wildman–Crippen MR) is 123 cm³/mol. The molecule has 0 saturated carbocycles. The molecule has 1 amide bonds. The Balaban J connectivity index is 1.53. The van der Waals surface area contributed by atoms with Crippen LogP contribution in [0.3, 0.4) is 0 Å². The maximum Gasteiger partial charge on any atom is 0.407 e. The van der Waals surface area contributed by atoms with Crippen LogP contribution in [-0.2, 0) is 11.2 Å². The summed E-state index contributed by atoms with van der Waals surface area (Å²) >= 11 is 1.46. The number of nitrogens with zero attached hydrogens (tertiary/aromatic N) is 3. The number of methoxy groups -OCH3 is 1. The fourth-order valence-corrected chi connectivity index (χ4v) is 5.06. The second-order valence-electron chi connectivity index (χ2n) is 7.67. The highest BCUT2D eigenvalue weighted by molar-refractivity contribution is 7.22. The number of ether oxygens (including phenoxy) is 3. The first-order valence-corrected chi connectivity index (χ1v) is 11.3. The molecule has 0 bridgehead atoms. The van der Waals surface area contributed by atoms with Crippen molar-refractivity contribution in [3.05, 3.63) is 41.3 Å². The van der Waals surface area contributed by atoms with Gasteiger partial charge in [-0.1, -0.05) is 0 Å². The topological polar surface area (TPSA) is 95.5 Å². The van der Waals surface area contributed by atoms with E-state index in [1.807, 2.05) is 19.1 Å². The van der Waals surface area contributed by atoms with E-state index in [2.05, 4.69) is 15.3 Å². The molecule has 0 aliphatic carbocycles. The number of carbonyl (C=O) groups is 1. The number of aromatic nitrogens is 3. The van der Waals surface area contributed by atoms with Gasteiger partial charge >= 0.3 is 6.09 Å². The number of amides is 1. The summed E-state index contributed by atoms with van der Waals surface area (Å²) in [5, 5.41) is 3.37. The van der Waals surface area contributed by atoms with Gasteiger partial charge in [0, 0.05) is 23.6 Å². The standard InChI is InChI=1S/C23H21FN4O4S/c1-4-31-23(29)26-9-12-7-14-20(32-12)15(24)8-17-21(14)33-22(28-17)13-5-11(2)6-16-19(13)25-10-18(27-16)30-3/h5-6,8,10,12H,4,7,9H2,1-3H3,(H,26,29)/t12-/m0/s1. The quantitative estimate of drug-likeness (QED) is 0.463. The number of carbonyl (C=O) groups excluding carboxylic acids is 1. The Bertz CT molecular complexity index is 1390. The summed E-state index contributed by atoms with van der Waals surface area (Å²) in [6, 6.07) is 5.33. The van der Waals surface area contributed by atoms with Crippen molar-refractivity contribution in [3.63, 3.8) is 0 Å². The number of hydrogen-bond acceptors (Lipinski definition) is 8. The minimum absolute atomic E-state index is 0.215. The molecule has 1 N–H and O–H groups in total. The largest absolute Gasteiger partial charge is 0.485 e. The first-order valence-electron chi connectivity index (χ1n) is 10.5. The van der Waals surface area contributed by atoms with E-state index >= 15 is 0 Å². The van der Waals surface area contributed by atoms with Crippen molar-refractivity contribution < 1.29 is 23.4 Å². The zero-order valence-corrected chi connectivity index (χ0v) is 19.1. The van der Waals surface area contributed by atoms with Crippen molar-refractivity contribution in [2.24, 2.45) is 0 Å². The molecule has 0 unspecified atom stereocenters. The van der Waals surface area contributed by atoms with Gasteiger partial charge in [-0.3, -0.25) is 0 Å². The number of nitrogens with one attached hydrogen (secondary N) is 1. The number of rotatable bonds is 5. The molecule has 0 saturated heterocycles. The molecule has 33 heavy (non-hydrogen) atoms. The highest BCUT2D eigenvalue weighted by Crippen LogP contribution is 2.43. The summed E-state index contributed by atoms with van der Waals surface area (Å²) in [4.78, 5) is 25.3. The van der Waals surface area contributed by atoms with Gasteiger partial charge in [0.05, 0.1) is 47.7 Å². The molecule has 1 atom stereocenters. The second-order valence-corrected chi connectivity index (χ2v) is 8.67. The predicted octanol–water partition coefficient (Wildman–Crippen LogP) is 4.41. The Kier molecular flexibility index (Phi) is 5.45. The average Bonchev–Trinajstić information content (AvgIpc) is 3.41. The lowest BCUT2D eigenvalue weighted by atomic mass is 10.1. The molecule has 0 spiro atoms. The SMILES string of the molecule is CCOC(=O)NC[C@@H]1Cc2c(c(F)cc3nc(-c4cc(C)cc5nc(OC)cnc45)sc23)O1. The van der Waals surface area contributed by atoms with Crippen molar-refractivity contribution in [1.82, 2.24) is 20.3 Å². The van der Waals surface area contributed by atoms with Crippen molar-refractivity contribution in [2.75, 3.05) is 20.3 Å². The molecule has 3 heterocycles. The first-order chi connectivity index (χ1) is 16.0. The lowest BCUT2D eigenvalue weighted by Gasteiger charge is -2.11. The Labute approximate surface area is 192 Å². The Morgan fingerprint density at radius 3 is 2.94 bits per heavy atom. The molecule has 8 nitrogen and oxygen atoms in total. The van der Waals surface area contributed by atoms with Crippen LogP contribution < -0.4 is 14.8 Å². The van der Waals surface area contributed by atoms with Crippen LogP contribution in [-0.4, -0.2) is 47.4 Å². The summed E-state index contributed by atoms with van der Waals surface area (Å²) in [5.74, 6) is 0.182. The van der Waals surface area contributed by atoms with E-state index in [0.717, 1.165) is 26.4 Å². The molecule has 4 aromatic rings. The monoisotopic (exact) mass is 468 g/mol. The van der Waals surface area contributed by atoms with Crippen LogP contribution in [0.25, 0.3) is 31.8 Å². The molecular formula is C23H21FN4O4S. The highest BCUT2D eigenvalue weighted by atomic mass is 32.1. The smallest absolute Gasteiger partial charge is 0.407 e. The molecule has 2 aromatic carbocycles. The van der Waals surface area contributed by atoms with E-state index in [-0.39, 0.29) is 25.0 Å². The lowest BCUT2D eigenvalue weighted by molar-refractivity contribution is 0.144. The van der Waals surface area contributed by atoms with Gasteiger partial charge in [-0.15, -0.1) is 11.3 Å². The minimum Gasteiger partial charge on any atom is -0.485 e. The normalized spacial score (nSPS) is 14.8. The van der Waals surface area contributed by atoms with E-state index in [1.54, 1.807) is 20.2 Å². The third kappa shape index (κ3) is 3.91. The molecule has 1 aliphatic heterocycles. The van der Waals surface area contributed by atoms with E-state index in [9.17, 15) is 9.18 Å². The lowest BCUT2D eigenvalue weighted by Crippen LogP contribution is -2.34. The van der Waals surface area contributed by atoms with Crippen molar-refractivity contribution in [2.45, 2.75) is 26.4 Å². The number of thiazole rings is 1. The van der Waals surface area contributed by atoms with Gasteiger partial charge in [-0.25, -0.2) is 24.1 Å². The summed E-state index contributed by atoms with van der Waals surface area (Å²) < 4.78 is 31.6. The van der Waals surface area contributed by atoms with Gasteiger partial charge in [0.15, 0.2) is 11.6 Å². The summed E-state index contributed by atoms with van der Waals surface area (Å²) in [6.07, 6.45) is 1.13. The molecule has 0 radical (unpaired) electrons. The molecule has 2 aromatic heterocycles. The fraction of sp³-hybridized carbons (Fsp3) is 0.304. The zero-order chi connectivity index (χ0) is 23.1. The van der Waals surface area contributed by atoms with Gasteiger partial charge < -0.3 is 19.5 Å². The van der Waals surface area contributed by atoms with Crippen LogP contribution in [0.1, 0.15) is 18.1 Å². The summed E-state index contributed by atoms with van der Waals surface area (Å²) in [6.45, 7) is 4.21. The Morgan fingerprint density at radius 2 is 2.15 bits per heavy atom. The number of aryl methyl sites for hydroxylation is 1. The van der Waals surface area contributed by atoms with Crippen LogP contribution in [0.5, 0.6) is 11.6 Å². The van der Waals surface area contributed by atoms with Gasteiger partial charge in [0.2, 0.25) is 5.88 Å². The maximum absolute atomic E-state index is 14.8. The number of hydrogen-bond donors (Lipinski definition) is 1. The summed E-state index contributed by atoms with van der Waals surface area (Å²) in [7, 11) is 1.55. The highest BCUT2D eigenvalue weighted by Gasteiger charge is 2.30. The van der Waals surface area contributed by atoms with Crippen molar-refractivity contribution >= 4 is 38.7 Å². The van der Waals surface area contributed by atoms with Crippen LogP contribution >= 0.6 is 11.3 Å². The Hall–Kier alpha value is -3.53. The van der Waals surface area contributed by atoms with Crippen molar-refractivity contribution in [1.29, 1.82) is 0 Å². The molecule has 170 valence electrons. The van der Waals surface area contributed by atoms with Gasteiger partial charge in [-0.05, 0) is 31.5 Å². The van der Waals surface area contributed by atoms with E-state index in [1.165, 1.54) is 17.4 Å². The molecular weight excluding hydrogens is 447 g/mol. The number of halogens is 1. The maximum atomic E-state index is 14.8. The second kappa shape index (κ2) is 8.43. The van der Waals surface area contributed by atoms with E-state index < -0.39 is 11.9 Å². The Morgan fingerprint density at radius 1 is 1.30 bits per heavy atom. The average molecular weight is 469 g/mol. The fourth-order valence-electron chi connectivity index (χ4n) is 3.95. The third-order valence-corrected chi connectivity index (χ3v) is 6.52. The molecule has 10 heteroatoms. The molecule has 0 fully saturated rings. The zero-order valence-electron chi connectivity index (χ0n) is 18.3. The van der Waals surface area contributed by atoms with Crippen molar-refractivity contribution in [3.8, 4) is 22.2 Å². The summed E-state index contributed by atoms with van der Waals surface area (Å²) in [5.41, 5.74) is 4.55. The number of fused-ring (bicyclic) bond motifs is 4. The molecule has 1 aliphatic rings. The number of alkyl carbamates (subject to hydrolysis) is 1. The first kappa shape index (κ1) is 21.3.